The molecule has 1 heterocycles. The average Bonchev–Trinajstić information content (AvgIpc) is 2.47. The van der Waals surface area contributed by atoms with Crippen LogP contribution in [0.3, 0.4) is 0 Å². The number of carboxylic acids is 1. The number of ether oxygens (including phenoxy) is 1. The molecule has 22 heavy (non-hydrogen) atoms. The van der Waals surface area contributed by atoms with Gasteiger partial charge in [-0.2, -0.15) is 8.78 Å². The SMILES string of the molecule is CC(C)(C(=O)O)c1cccc(-c2cncc(OC(F)F)c2)c1. The Hall–Kier alpha value is -2.50. The zero-order valence-electron chi connectivity index (χ0n) is 12.1. The van der Waals surface area contributed by atoms with Gasteiger partial charge in [0.05, 0.1) is 11.6 Å². The first-order chi connectivity index (χ1) is 10.3. The van der Waals surface area contributed by atoms with Gasteiger partial charge in [0.15, 0.2) is 0 Å². The number of hydrogen-bond acceptors (Lipinski definition) is 3. The van der Waals surface area contributed by atoms with E-state index in [0.717, 1.165) is 0 Å². The second kappa shape index (κ2) is 6.09. The predicted octanol–water partition coefficient (Wildman–Crippen LogP) is 3.71. The molecule has 6 heteroatoms. The number of rotatable bonds is 5. The molecular formula is C16H15F2NO3. The number of aliphatic carboxylic acids is 1. The molecule has 2 aromatic rings. The van der Waals surface area contributed by atoms with E-state index >= 15 is 0 Å². The van der Waals surface area contributed by atoms with Crippen LogP contribution in [0.1, 0.15) is 19.4 Å². The first-order valence-corrected chi connectivity index (χ1v) is 6.55. The minimum absolute atomic E-state index is 0.0459. The molecule has 0 fully saturated rings. The summed E-state index contributed by atoms with van der Waals surface area (Å²) in [5.41, 5.74) is 0.804. The summed E-state index contributed by atoms with van der Waals surface area (Å²) in [5.74, 6) is -0.993. The maximum Gasteiger partial charge on any atom is 0.387 e. The highest BCUT2D eigenvalue weighted by atomic mass is 19.3. The molecule has 116 valence electrons. The van der Waals surface area contributed by atoms with Crippen molar-refractivity contribution in [3.8, 4) is 16.9 Å². The van der Waals surface area contributed by atoms with Gasteiger partial charge >= 0.3 is 12.6 Å². The molecule has 4 nitrogen and oxygen atoms in total. The number of carbonyl (C=O) groups is 1. The lowest BCUT2D eigenvalue weighted by molar-refractivity contribution is -0.142. The molecule has 1 aromatic carbocycles. The van der Waals surface area contributed by atoms with Crippen molar-refractivity contribution in [3.05, 3.63) is 48.3 Å². The number of aromatic nitrogens is 1. The minimum Gasteiger partial charge on any atom is -0.481 e. The van der Waals surface area contributed by atoms with E-state index in [-0.39, 0.29) is 5.75 Å². The van der Waals surface area contributed by atoms with Crippen molar-refractivity contribution >= 4 is 5.97 Å². The zero-order chi connectivity index (χ0) is 16.3. The Bertz CT molecular complexity index is 687. The lowest BCUT2D eigenvalue weighted by Crippen LogP contribution is -2.28. The molecule has 1 N–H and O–H groups in total. The second-order valence-corrected chi connectivity index (χ2v) is 5.30. The molecule has 0 atom stereocenters. The van der Waals surface area contributed by atoms with Gasteiger partial charge in [-0.25, -0.2) is 0 Å². The predicted molar refractivity (Wildman–Crippen MR) is 77.0 cm³/mol. The van der Waals surface area contributed by atoms with Crippen LogP contribution in [-0.4, -0.2) is 22.7 Å². The molecule has 0 saturated heterocycles. The van der Waals surface area contributed by atoms with Crippen LogP contribution in [0.15, 0.2) is 42.7 Å². The summed E-state index contributed by atoms with van der Waals surface area (Å²) < 4.78 is 28.8. The molecule has 0 saturated carbocycles. The summed E-state index contributed by atoms with van der Waals surface area (Å²) in [5, 5.41) is 9.28. The van der Waals surface area contributed by atoms with Gasteiger partial charge in [0.2, 0.25) is 0 Å². The summed E-state index contributed by atoms with van der Waals surface area (Å²) in [6, 6.07) is 8.33. The third-order valence-electron chi connectivity index (χ3n) is 3.39. The summed E-state index contributed by atoms with van der Waals surface area (Å²) in [6.07, 6.45) is 2.70. The number of carboxylic acid groups (broad SMARTS) is 1. The Morgan fingerprint density at radius 2 is 1.95 bits per heavy atom. The topological polar surface area (TPSA) is 59.4 Å². The van der Waals surface area contributed by atoms with Crippen molar-refractivity contribution in [1.82, 2.24) is 4.98 Å². The first-order valence-electron chi connectivity index (χ1n) is 6.55. The van der Waals surface area contributed by atoms with Gasteiger partial charge in [0.25, 0.3) is 0 Å². The van der Waals surface area contributed by atoms with Crippen molar-refractivity contribution < 1.29 is 23.4 Å². The largest absolute Gasteiger partial charge is 0.481 e. The van der Waals surface area contributed by atoms with Gasteiger partial charge < -0.3 is 9.84 Å². The van der Waals surface area contributed by atoms with Crippen LogP contribution in [0.5, 0.6) is 5.75 Å². The zero-order valence-corrected chi connectivity index (χ0v) is 12.1. The van der Waals surface area contributed by atoms with Gasteiger partial charge in [-0.15, -0.1) is 0 Å². The Morgan fingerprint density at radius 3 is 2.59 bits per heavy atom. The molecule has 0 aliphatic carbocycles. The van der Waals surface area contributed by atoms with Crippen LogP contribution in [0.2, 0.25) is 0 Å². The second-order valence-electron chi connectivity index (χ2n) is 5.30. The molecule has 0 spiro atoms. The van der Waals surface area contributed by atoms with E-state index in [1.54, 1.807) is 38.1 Å². The van der Waals surface area contributed by atoms with E-state index in [1.165, 1.54) is 18.5 Å². The number of benzene rings is 1. The van der Waals surface area contributed by atoms with Crippen LogP contribution in [0.25, 0.3) is 11.1 Å². The highest BCUT2D eigenvalue weighted by molar-refractivity contribution is 5.81. The maximum atomic E-state index is 12.2. The van der Waals surface area contributed by atoms with Crippen LogP contribution < -0.4 is 4.74 Å². The van der Waals surface area contributed by atoms with Crippen molar-refractivity contribution in [1.29, 1.82) is 0 Å². The Morgan fingerprint density at radius 1 is 1.23 bits per heavy atom. The van der Waals surface area contributed by atoms with E-state index in [4.69, 9.17) is 0 Å². The lowest BCUT2D eigenvalue weighted by Gasteiger charge is -2.20. The number of halogens is 2. The Kier molecular flexibility index (Phi) is 4.40. The standard InChI is InChI=1S/C16H15F2NO3/c1-16(2,14(20)21)12-5-3-4-10(6-12)11-7-13(9-19-8-11)22-15(17)18/h3-9,15H,1-2H3,(H,20,21). The van der Waals surface area contributed by atoms with E-state index < -0.39 is 18.0 Å². The fourth-order valence-electron chi connectivity index (χ4n) is 1.96. The molecule has 0 amide bonds. The molecule has 0 unspecified atom stereocenters. The molecule has 0 radical (unpaired) electrons. The molecule has 0 aliphatic rings. The van der Waals surface area contributed by atoms with Crippen LogP contribution in [0, 0.1) is 0 Å². The maximum absolute atomic E-state index is 12.2. The summed E-state index contributed by atoms with van der Waals surface area (Å²) >= 11 is 0. The van der Waals surface area contributed by atoms with Gasteiger partial charge in [-0.05, 0) is 37.1 Å². The average molecular weight is 307 g/mol. The van der Waals surface area contributed by atoms with Gasteiger partial charge in [0.1, 0.15) is 5.75 Å². The fourth-order valence-corrected chi connectivity index (χ4v) is 1.96. The number of nitrogens with zero attached hydrogens (tertiary/aromatic N) is 1. The summed E-state index contributed by atoms with van der Waals surface area (Å²) in [6.45, 7) is 0.279. The molecule has 0 bridgehead atoms. The molecule has 2 rings (SSSR count). The smallest absolute Gasteiger partial charge is 0.387 e. The molecular weight excluding hydrogens is 292 g/mol. The first kappa shape index (κ1) is 15.9. The van der Waals surface area contributed by atoms with Crippen LogP contribution in [0.4, 0.5) is 8.78 Å². The number of hydrogen-bond donors (Lipinski definition) is 1. The van der Waals surface area contributed by atoms with Gasteiger partial charge in [0, 0.05) is 11.8 Å². The Balaban J connectivity index is 2.40. The quantitative estimate of drug-likeness (QED) is 0.914. The van der Waals surface area contributed by atoms with E-state index in [9.17, 15) is 18.7 Å². The normalized spacial score (nSPS) is 11.5. The van der Waals surface area contributed by atoms with Gasteiger partial charge in [-0.1, -0.05) is 18.2 Å². The van der Waals surface area contributed by atoms with Crippen LogP contribution >= 0.6 is 0 Å². The van der Waals surface area contributed by atoms with Crippen molar-refractivity contribution in [3.63, 3.8) is 0 Å². The molecule has 0 aliphatic heterocycles. The van der Waals surface area contributed by atoms with Crippen molar-refractivity contribution in [2.75, 3.05) is 0 Å². The highest BCUT2D eigenvalue weighted by Gasteiger charge is 2.29. The van der Waals surface area contributed by atoms with E-state index in [1.807, 2.05) is 0 Å². The van der Waals surface area contributed by atoms with Gasteiger partial charge in [-0.3, -0.25) is 9.78 Å². The Labute approximate surface area is 126 Å². The van der Waals surface area contributed by atoms with Crippen LogP contribution in [-0.2, 0) is 10.2 Å². The summed E-state index contributed by atoms with van der Waals surface area (Å²) in [7, 11) is 0. The third kappa shape index (κ3) is 3.39. The fraction of sp³-hybridized carbons (Fsp3) is 0.250. The third-order valence-corrected chi connectivity index (χ3v) is 3.39. The monoisotopic (exact) mass is 307 g/mol. The summed E-state index contributed by atoms with van der Waals surface area (Å²) in [4.78, 5) is 15.2. The van der Waals surface area contributed by atoms with Crippen molar-refractivity contribution in [2.45, 2.75) is 25.9 Å². The van der Waals surface area contributed by atoms with Crippen molar-refractivity contribution in [2.24, 2.45) is 0 Å². The minimum atomic E-state index is -2.92. The number of alkyl halides is 2. The molecule has 1 aromatic heterocycles. The van der Waals surface area contributed by atoms with E-state index in [2.05, 4.69) is 9.72 Å². The number of pyridine rings is 1. The van der Waals surface area contributed by atoms with E-state index in [0.29, 0.717) is 16.7 Å². The lowest BCUT2D eigenvalue weighted by atomic mass is 9.83. The highest BCUT2D eigenvalue weighted by Crippen LogP contribution is 2.29.